The third-order valence-corrected chi connectivity index (χ3v) is 10.6. The summed E-state index contributed by atoms with van der Waals surface area (Å²) in [5.74, 6) is 1.04. The molecule has 0 aliphatic carbocycles. The molecule has 1 unspecified atom stereocenters. The van der Waals surface area contributed by atoms with Gasteiger partial charge in [0.15, 0.2) is 17.2 Å². The zero-order valence-corrected chi connectivity index (χ0v) is 32.0. The van der Waals surface area contributed by atoms with Gasteiger partial charge in [-0.05, 0) is 48.2 Å². The number of hydrogen-bond acceptors (Lipinski definition) is 12. The highest BCUT2D eigenvalue weighted by Gasteiger charge is 2.55. The first-order valence-electron chi connectivity index (χ1n) is 18.7. The van der Waals surface area contributed by atoms with Crippen LogP contribution in [0, 0.1) is 24.2 Å². The molecule has 294 valence electrons. The van der Waals surface area contributed by atoms with Crippen molar-refractivity contribution in [1.29, 1.82) is 0 Å². The average Bonchev–Trinajstić information content (AvgIpc) is 3.93. The van der Waals surface area contributed by atoms with E-state index in [1.165, 1.54) is 17.2 Å². The van der Waals surface area contributed by atoms with Crippen LogP contribution in [0.1, 0.15) is 63.1 Å². The van der Waals surface area contributed by atoms with Crippen molar-refractivity contribution < 1.29 is 29.5 Å². The highest BCUT2D eigenvalue weighted by atomic mass is 16.7. The van der Waals surface area contributed by atoms with Gasteiger partial charge in [0.1, 0.15) is 41.6 Å². The molecule has 56 heavy (non-hydrogen) atoms. The Hall–Kier alpha value is -5.40. The van der Waals surface area contributed by atoms with E-state index < -0.39 is 35.6 Å². The maximum atomic E-state index is 11.6. The molecule has 1 fully saturated rings. The van der Waals surface area contributed by atoms with Gasteiger partial charge in [-0.15, -0.1) is 6.42 Å². The van der Waals surface area contributed by atoms with Crippen molar-refractivity contribution in [2.75, 3.05) is 11.5 Å². The van der Waals surface area contributed by atoms with Crippen LogP contribution in [0.2, 0.25) is 0 Å². The topological polar surface area (TPSA) is 201 Å². The van der Waals surface area contributed by atoms with Gasteiger partial charge in [-0.3, -0.25) is 0 Å². The number of ether oxygens (including phenoxy) is 3. The highest BCUT2D eigenvalue weighted by Crippen LogP contribution is 2.44. The normalized spacial score (nSPS) is 22.1. The van der Waals surface area contributed by atoms with Crippen LogP contribution in [0.15, 0.2) is 97.6 Å². The van der Waals surface area contributed by atoms with Gasteiger partial charge in [0, 0.05) is 11.8 Å². The molecule has 0 radical (unpaired) electrons. The second-order valence-corrected chi connectivity index (χ2v) is 14.1. The smallest absolute Gasteiger partial charge is 0.237 e. The zero-order chi connectivity index (χ0) is 40.0. The van der Waals surface area contributed by atoms with Crippen LogP contribution in [0.3, 0.4) is 0 Å². The number of aliphatic hydroxyl groups is 3. The Morgan fingerprint density at radius 2 is 1.46 bits per heavy atom. The Kier molecular flexibility index (Phi) is 12.3. The molecule has 1 aliphatic heterocycles. The summed E-state index contributed by atoms with van der Waals surface area (Å²) in [7, 11) is 0. The van der Waals surface area contributed by atoms with Crippen LogP contribution in [0.25, 0.3) is 11.0 Å². The molecule has 0 amide bonds. The fourth-order valence-electron chi connectivity index (χ4n) is 7.40. The average molecular weight is 763 g/mol. The molecule has 0 saturated carbocycles. The Morgan fingerprint density at radius 3 is 2.05 bits per heavy atom. The van der Waals surface area contributed by atoms with E-state index >= 15 is 0 Å². The molecule has 8 atom stereocenters. The van der Waals surface area contributed by atoms with Crippen LogP contribution < -0.4 is 11.5 Å². The van der Waals surface area contributed by atoms with Crippen molar-refractivity contribution in [3.8, 4) is 12.3 Å². The van der Waals surface area contributed by atoms with Crippen LogP contribution in [-0.2, 0) is 38.8 Å². The number of aromatic nitrogens is 6. The SMILES string of the molecule is C#CC(O)(c1ccc2c(N)ncnn12)[C@H](OCc1ccccc1)[C@H](C)[C@H](O)CC.CC[C@H]1O[C@@](O)(c2ccc3c(N)ncnn23)[C@H](OCc2ccccc2)[C@@H]1C. The number of anilines is 2. The molecule has 0 spiro atoms. The predicted molar refractivity (Wildman–Crippen MR) is 211 cm³/mol. The maximum Gasteiger partial charge on any atom is 0.237 e. The third kappa shape index (κ3) is 7.83. The molecule has 2 aromatic carbocycles. The summed E-state index contributed by atoms with van der Waals surface area (Å²) < 4.78 is 21.5. The van der Waals surface area contributed by atoms with Crippen molar-refractivity contribution >= 4 is 22.7 Å². The summed E-state index contributed by atoms with van der Waals surface area (Å²) in [4.78, 5) is 7.97. The van der Waals surface area contributed by atoms with Gasteiger partial charge in [-0.25, -0.2) is 19.0 Å². The van der Waals surface area contributed by atoms with Crippen molar-refractivity contribution in [1.82, 2.24) is 29.2 Å². The molecule has 5 heterocycles. The molecule has 14 nitrogen and oxygen atoms in total. The van der Waals surface area contributed by atoms with Gasteiger partial charge in [-0.1, -0.05) is 94.3 Å². The minimum atomic E-state index is -1.85. The Labute approximate surface area is 326 Å². The van der Waals surface area contributed by atoms with Gasteiger partial charge < -0.3 is 41.0 Å². The van der Waals surface area contributed by atoms with Gasteiger partial charge in [0.2, 0.25) is 5.79 Å². The first-order valence-corrected chi connectivity index (χ1v) is 18.7. The molecule has 14 heteroatoms. The minimum Gasteiger partial charge on any atom is -0.393 e. The number of terminal acetylenes is 1. The number of aliphatic hydroxyl groups excluding tert-OH is 1. The number of nitrogens with two attached hydrogens (primary N) is 2. The first-order chi connectivity index (χ1) is 27.0. The lowest BCUT2D eigenvalue weighted by atomic mass is 9.82. The molecule has 1 aliphatic rings. The summed E-state index contributed by atoms with van der Waals surface area (Å²) in [6.07, 6.45) is 7.49. The van der Waals surface area contributed by atoms with E-state index in [1.54, 1.807) is 28.8 Å². The first kappa shape index (κ1) is 40.3. The lowest BCUT2D eigenvalue weighted by molar-refractivity contribution is -0.251. The number of fused-ring (bicyclic) bond motifs is 2. The second-order valence-electron chi connectivity index (χ2n) is 14.1. The summed E-state index contributed by atoms with van der Waals surface area (Å²) in [6.45, 7) is 8.38. The predicted octanol–water partition coefficient (Wildman–Crippen LogP) is 4.61. The van der Waals surface area contributed by atoms with E-state index in [0.29, 0.717) is 41.3 Å². The van der Waals surface area contributed by atoms with Gasteiger partial charge in [0.25, 0.3) is 0 Å². The fraction of sp³-hybridized carbons (Fsp3) is 0.381. The van der Waals surface area contributed by atoms with E-state index in [4.69, 9.17) is 32.1 Å². The zero-order valence-electron chi connectivity index (χ0n) is 32.0. The van der Waals surface area contributed by atoms with Crippen molar-refractivity contribution in [2.24, 2.45) is 11.8 Å². The quantitative estimate of drug-likeness (QED) is 0.103. The van der Waals surface area contributed by atoms with Crippen molar-refractivity contribution in [3.63, 3.8) is 0 Å². The Morgan fingerprint density at radius 1 is 0.893 bits per heavy atom. The lowest BCUT2D eigenvalue weighted by Gasteiger charge is -2.37. The molecular formula is C42H50N8O6. The summed E-state index contributed by atoms with van der Waals surface area (Å²) in [6, 6.07) is 26.4. The molecule has 0 bridgehead atoms. The highest BCUT2D eigenvalue weighted by molar-refractivity contribution is 5.66. The lowest BCUT2D eigenvalue weighted by Crippen LogP contribution is -2.48. The maximum absolute atomic E-state index is 11.6. The summed E-state index contributed by atoms with van der Waals surface area (Å²) in [5.41, 5.74) is 14.0. The van der Waals surface area contributed by atoms with Crippen molar-refractivity contribution in [2.45, 2.75) is 89.6 Å². The Balaban J connectivity index is 0.000000190. The third-order valence-electron chi connectivity index (χ3n) is 10.6. The fourth-order valence-corrected chi connectivity index (χ4v) is 7.40. The van der Waals surface area contributed by atoms with E-state index in [9.17, 15) is 15.3 Å². The van der Waals surface area contributed by atoms with Gasteiger partial charge in [0.05, 0.1) is 31.1 Å². The Bertz CT molecular complexity index is 2240. The summed E-state index contributed by atoms with van der Waals surface area (Å²) >= 11 is 0. The largest absolute Gasteiger partial charge is 0.393 e. The van der Waals surface area contributed by atoms with E-state index in [0.717, 1.165) is 17.5 Å². The second kappa shape index (κ2) is 17.2. The van der Waals surface area contributed by atoms with Gasteiger partial charge >= 0.3 is 0 Å². The molecule has 6 aromatic rings. The van der Waals surface area contributed by atoms with Crippen LogP contribution in [0.5, 0.6) is 0 Å². The molecule has 4 aromatic heterocycles. The van der Waals surface area contributed by atoms with Gasteiger partial charge in [-0.2, -0.15) is 10.2 Å². The van der Waals surface area contributed by atoms with E-state index in [-0.39, 0.29) is 24.4 Å². The molecular weight excluding hydrogens is 713 g/mol. The van der Waals surface area contributed by atoms with Crippen LogP contribution in [-0.4, -0.2) is 68.9 Å². The van der Waals surface area contributed by atoms with Crippen molar-refractivity contribution in [3.05, 3.63) is 120 Å². The standard InChI is InChI=1S/C22H26N4O3.C20H24N4O3/c1-4-18(27)15(3)20(29-13-16-9-7-6-8-10-16)22(28,5-2)19-12-11-17-21(23)24-14-25-26(17)19;1-3-16-13(2)18(26-11-14-7-5-4-6-8-14)20(25,27-16)17-10-9-15-19(21)22-12-23-24(15)17/h2,6-12,14-15,18,20,27-28H,4,13H2,1,3H3,(H2,23,24,25);4-10,12-13,16,18,25H,3,11H2,1-2H3,(H2,21,22,23)/t15-,18-,20-,22?;13-,16-,18-,20+/m11/s1. The van der Waals surface area contributed by atoms with E-state index in [1.807, 2.05) is 88.4 Å². The summed E-state index contributed by atoms with van der Waals surface area (Å²) in [5, 5.41) is 42.1. The number of benzene rings is 2. The van der Waals surface area contributed by atoms with Crippen LogP contribution in [0.4, 0.5) is 11.6 Å². The minimum absolute atomic E-state index is 0.00782. The number of rotatable bonds is 13. The molecule has 1 saturated heterocycles. The monoisotopic (exact) mass is 762 g/mol. The number of nitrogens with zero attached hydrogens (tertiary/aromatic N) is 6. The van der Waals surface area contributed by atoms with Crippen LogP contribution >= 0.6 is 0 Å². The number of nitrogen functional groups attached to an aromatic ring is 2. The van der Waals surface area contributed by atoms with E-state index in [2.05, 4.69) is 26.1 Å². The number of hydrogen-bond donors (Lipinski definition) is 5. The molecule has 7 N–H and O–H groups in total. The molecule has 7 rings (SSSR count).